The predicted octanol–water partition coefficient (Wildman–Crippen LogP) is 2.95. The summed E-state index contributed by atoms with van der Waals surface area (Å²) in [4.78, 5) is 4.19. The van der Waals surface area contributed by atoms with Crippen LogP contribution in [-0.4, -0.2) is 11.0 Å². The number of hydrogen-bond donors (Lipinski definition) is 1. The molecule has 0 aromatic carbocycles. The largest absolute Gasteiger partial charge is 0.366 e. The summed E-state index contributed by atoms with van der Waals surface area (Å²) < 4.78 is 0. The van der Waals surface area contributed by atoms with Gasteiger partial charge in [0.1, 0.15) is 5.82 Å². The van der Waals surface area contributed by atoms with Crippen molar-refractivity contribution in [3.05, 3.63) is 23.4 Å². The maximum Gasteiger partial charge on any atom is 0.144 e. The number of aromatic nitrogens is 1. The van der Waals surface area contributed by atoms with Crippen molar-refractivity contribution >= 4 is 17.4 Å². The first-order chi connectivity index (χ1) is 6.27. The first-order valence-corrected chi connectivity index (χ1v) is 5.02. The van der Waals surface area contributed by atoms with Crippen molar-refractivity contribution in [2.75, 3.05) is 5.32 Å². The molecule has 2 rings (SSSR count). The fraction of sp³-hybridized carbons (Fsp3) is 0.500. The topological polar surface area (TPSA) is 24.9 Å². The monoisotopic (exact) mass is 196 g/mol. The van der Waals surface area contributed by atoms with E-state index in [4.69, 9.17) is 11.6 Å². The quantitative estimate of drug-likeness (QED) is 0.787. The maximum atomic E-state index is 5.97. The lowest BCUT2D eigenvalue weighted by Gasteiger charge is -2.34. The molecule has 0 spiro atoms. The van der Waals surface area contributed by atoms with E-state index in [-0.39, 0.29) is 0 Å². The van der Waals surface area contributed by atoms with Crippen LogP contribution in [0.5, 0.6) is 0 Å². The Balaban J connectivity index is 2.05. The van der Waals surface area contributed by atoms with E-state index in [1.807, 2.05) is 12.1 Å². The molecule has 2 unspecified atom stereocenters. The highest BCUT2D eigenvalue weighted by molar-refractivity contribution is 6.32. The number of anilines is 1. The van der Waals surface area contributed by atoms with E-state index in [2.05, 4.69) is 17.2 Å². The van der Waals surface area contributed by atoms with Crippen molar-refractivity contribution < 1.29 is 0 Å². The molecule has 1 saturated carbocycles. The van der Waals surface area contributed by atoms with Crippen molar-refractivity contribution in [1.82, 2.24) is 4.98 Å². The van der Waals surface area contributed by atoms with Crippen LogP contribution in [0.4, 0.5) is 5.82 Å². The fourth-order valence-electron chi connectivity index (χ4n) is 1.55. The van der Waals surface area contributed by atoms with Crippen LogP contribution in [0.25, 0.3) is 0 Å². The highest BCUT2D eigenvalue weighted by atomic mass is 35.5. The summed E-state index contributed by atoms with van der Waals surface area (Å²) in [5, 5.41) is 4.06. The van der Waals surface area contributed by atoms with E-state index in [0.717, 1.165) is 11.7 Å². The third-order valence-electron chi connectivity index (χ3n) is 2.70. The molecule has 0 aliphatic heterocycles. The van der Waals surface area contributed by atoms with Crippen LogP contribution in [0.3, 0.4) is 0 Å². The Morgan fingerprint density at radius 1 is 1.54 bits per heavy atom. The van der Waals surface area contributed by atoms with Crippen LogP contribution in [0, 0.1) is 5.92 Å². The van der Waals surface area contributed by atoms with Crippen molar-refractivity contribution in [2.45, 2.75) is 25.8 Å². The van der Waals surface area contributed by atoms with Gasteiger partial charge in [0.2, 0.25) is 0 Å². The molecule has 13 heavy (non-hydrogen) atoms. The number of hydrogen-bond acceptors (Lipinski definition) is 2. The number of rotatable bonds is 2. The summed E-state index contributed by atoms with van der Waals surface area (Å²) in [6.45, 7) is 2.25. The van der Waals surface area contributed by atoms with Crippen LogP contribution in [0.2, 0.25) is 5.02 Å². The summed E-state index contributed by atoms with van der Waals surface area (Å²) in [7, 11) is 0. The van der Waals surface area contributed by atoms with Crippen molar-refractivity contribution in [3.8, 4) is 0 Å². The van der Waals surface area contributed by atoms with Gasteiger partial charge >= 0.3 is 0 Å². The molecule has 2 nitrogen and oxygen atoms in total. The van der Waals surface area contributed by atoms with Crippen LogP contribution in [0.1, 0.15) is 19.8 Å². The molecule has 1 aliphatic carbocycles. The van der Waals surface area contributed by atoms with Gasteiger partial charge < -0.3 is 5.32 Å². The second-order valence-electron chi connectivity index (χ2n) is 3.64. The molecular formula is C10H13ClN2. The predicted molar refractivity (Wildman–Crippen MR) is 55.1 cm³/mol. The average Bonchev–Trinajstić information content (AvgIpc) is 2.14. The van der Waals surface area contributed by atoms with Gasteiger partial charge in [-0.3, -0.25) is 0 Å². The van der Waals surface area contributed by atoms with Gasteiger partial charge in [0.15, 0.2) is 0 Å². The molecule has 0 amide bonds. The molecule has 0 saturated heterocycles. The van der Waals surface area contributed by atoms with Gasteiger partial charge in [-0.15, -0.1) is 0 Å². The Morgan fingerprint density at radius 2 is 2.38 bits per heavy atom. The minimum atomic E-state index is 0.562. The Kier molecular flexibility index (Phi) is 2.40. The van der Waals surface area contributed by atoms with Crippen molar-refractivity contribution in [2.24, 2.45) is 5.92 Å². The molecule has 1 heterocycles. The van der Waals surface area contributed by atoms with Gasteiger partial charge in [-0.1, -0.05) is 18.5 Å². The highest BCUT2D eigenvalue weighted by Gasteiger charge is 2.26. The average molecular weight is 197 g/mol. The highest BCUT2D eigenvalue weighted by Crippen LogP contribution is 2.30. The number of nitrogens with one attached hydrogen (secondary N) is 1. The van der Waals surface area contributed by atoms with Gasteiger partial charge in [0.05, 0.1) is 5.02 Å². The first kappa shape index (κ1) is 8.82. The molecule has 70 valence electrons. The minimum absolute atomic E-state index is 0.562. The minimum Gasteiger partial charge on any atom is -0.366 e. The third kappa shape index (κ3) is 1.78. The molecule has 1 N–H and O–H groups in total. The second kappa shape index (κ2) is 3.54. The SMILES string of the molecule is CC1CCC1Nc1ncccc1Cl. The number of nitrogens with zero attached hydrogens (tertiary/aromatic N) is 1. The van der Waals surface area contributed by atoms with E-state index in [0.29, 0.717) is 11.1 Å². The molecule has 2 atom stereocenters. The lowest BCUT2D eigenvalue weighted by molar-refractivity contribution is 0.303. The van der Waals surface area contributed by atoms with Gasteiger partial charge in [-0.25, -0.2) is 4.98 Å². The van der Waals surface area contributed by atoms with Gasteiger partial charge in [-0.05, 0) is 30.9 Å². The van der Waals surface area contributed by atoms with E-state index in [1.165, 1.54) is 12.8 Å². The van der Waals surface area contributed by atoms with E-state index in [1.54, 1.807) is 6.20 Å². The summed E-state index contributed by atoms with van der Waals surface area (Å²) in [6, 6.07) is 4.27. The molecule has 1 fully saturated rings. The molecule has 0 bridgehead atoms. The zero-order chi connectivity index (χ0) is 9.26. The van der Waals surface area contributed by atoms with Gasteiger partial charge in [0.25, 0.3) is 0 Å². The van der Waals surface area contributed by atoms with Crippen LogP contribution < -0.4 is 5.32 Å². The Morgan fingerprint density at radius 3 is 2.92 bits per heavy atom. The normalized spacial score (nSPS) is 26.6. The zero-order valence-corrected chi connectivity index (χ0v) is 8.38. The smallest absolute Gasteiger partial charge is 0.144 e. The van der Waals surface area contributed by atoms with Crippen LogP contribution >= 0.6 is 11.6 Å². The Hall–Kier alpha value is -0.760. The third-order valence-corrected chi connectivity index (χ3v) is 3.01. The lowest BCUT2D eigenvalue weighted by Crippen LogP contribution is -2.36. The fourth-order valence-corrected chi connectivity index (χ4v) is 1.72. The summed E-state index contributed by atoms with van der Waals surface area (Å²) >= 11 is 5.97. The summed E-state index contributed by atoms with van der Waals surface area (Å²) in [6.07, 6.45) is 4.30. The number of pyridine rings is 1. The molecule has 1 aliphatic rings. The second-order valence-corrected chi connectivity index (χ2v) is 4.05. The lowest BCUT2D eigenvalue weighted by atomic mass is 9.81. The van der Waals surface area contributed by atoms with E-state index >= 15 is 0 Å². The first-order valence-electron chi connectivity index (χ1n) is 4.64. The van der Waals surface area contributed by atoms with Crippen molar-refractivity contribution in [3.63, 3.8) is 0 Å². The van der Waals surface area contributed by atoms with E-state index in [9.17, 15) is 0 Å². The summed E-state index contributed by atoms with van der Waals surface area (Å²) in [5.41, 5.74) is 0. The maximum absolute atomic E-state index is 5.97. The standard InChI is InChI=1S/C10H13ClN2/c1-7-4-5-9(7)13-10-8(11)3-2-6-12-10/h2-3,6-7,9H,4-5H2,1H3,(H,12,13). The molecule has 1 aromatic rings. The summed E-state index contributed by atoms with van der Waals surface area (Å²) in [5.74, 6) is 1.57. The van der Waals surface area contributed by atoms with Crippen LogP contribution in [0.15, 0.2) is 18.3 Å². The van der Waals surface area contributed by atoms with Gasteiger partial charge in [-0.2, -0.15) is 0 Å². The molecule has 3 heteroatoms. The molecule has 1 aromatic heterocycles. The molecular weight excluding hydrogens is 184 g/mol. The zero-order valence-electron chi connectivity index (χ0n) is 7.63. The Labute approximate surface area is 83.3 Å². The number of halogens is 1. The van der Waals surface area contributed by atoms with Crippen molar-refractivity contribution in [1.29, 1.82) is 0 Å². The van der Waals surface area contributed by atoms with Gasteiger partial charge in [0, 0.05) is 12.2 Å². The Bertz CT molecular complexity index is 301. The van der Waals surface area contributed by atoms with E-state index < -0.39 is 0 Å². The molecule has 0 radical (unpaired) electrons. The van der Waals surface area contributed by atoms with Crippen LogP contribution in [-0.2, 0) is 0 Å².